The van der Waals surface area contributed by atoms with E-state index in [1.54, 1.807) is 30.5 Å². The number of imide groups is 1. The minimum absolute atomic E-state index is 0.148. The zero-order valence-electron chi connectivity index (χ0n) is 23.1. The summed E-state index contributed by atoms with van der Waals surface area (Å²) in [5.41, 5.74) is 11.8. The number of amides is 2. The minimum atomic E-state index is -0.836. The van der Waals surface area contributed by atoms with E-state index in [1.807, 2.05) is 22.9 Å². The van der Waals surface area contributed by atoms with Gasteiger partial charge in [0, 0.05) is 18.3 Å². The Morgan fingerprint density at radius 1 is 0.950 bits per heavy atom. The van der Waals surface area contributed by atoms with Crippen molar-refractivity contribution in [2.24, 2.45) is 5.73 Å². The highest BCUT2D eigenvalue weighted by molar-refractivity contribution is 5.97. The van der Waals surface area contributed by atoms with Gasteiger partial charge in [0.15, 0.2) is 0 Å². The highest BCUT2D eigenvalue weighted by Crippen LogP contribution is 2.23. The van der Waals surface area contributed by atoms with Crippen LogP contribution in [0, 0.1) is 0 Å². The molecule has 4 rings (SSSR count). The standard InChI is InChI=1S/C32H37N5O3/c1-22(2)24-13-15-25(16-14-24)37-26(21-30(36-37)29-9-6-7-19-34-29)8-4-3-5-10-31(39)35-32(40)28(33)20-23-11-17-27(38)18-12-23/h6-7,9,11-19,21-22,28,38H,3-5,8,10,20,33H2,1-2H3,(H,35,39,40). The van der Waals surface area contributed by atoms with Crippen LogP contribution >= 0.6 is 0 Å². The van der Waals surface area contributed by atoms with Crippen molar-refractivity contribution in [1.82, 2.24) is 20.1 Å². The summed E-state index contributed by atoms with van der Waals surface area (Å²) >= 11 is 0. The van der Waals surface area contributed by atoms with Crippen molar-refractivity contribution in [2.45, 2.75) is 64.3 Å². The topological polar surface area (TPSA) is 123 Å². The summed E-state index contributed by atoms with van der Waals surface area (Å²) in [5, 5.41) is 16.7. The molecule has 0 saturated heterocycles. The molecule has 0 aliphatic carbocycles. The molecule has 0 spiro atoms. The first-order valence-corrected chi connectivity index (χ1v) is 13.8. The van der Waals surface area contributed by atoms with Gasteiger partial charge in [-0.1, -0.05) is 50.6 Å². The van der Waals surface area contributed by atoms with E-state index >= 15 is 0 Å². The van der Waals surface area contributed by atoms with E-state index in [1.165, 1.54) is 5.56 Å². The Balaban J connectivity index is 1.29. The van der Waals surface area contributed by atoms with Gasteiger partial charge >= 0.3 is 0 Å². The summed E-state index contributed by atoms with van der Waals surface area (Å²) in [7, 11) is 0. The number of hydrogen-bond acceptors (Lipinski definition) is 6. The first-order valence-electron chi connectivity index (χ1n) is 13.8. The average Bonchev–Trinajstić information content (AvgIpc) is 3.38. The van der Waals surface area contributed by atoms with Crippen molar-refractivity contribution >= 4 is 11.8 Å². The normalized spacial score (nSPS) is 11.9. The van der Waals surface area contributed by atoms with E-state index in [0.29, 0.717) is 12.3 Å². The molecule has 8 nitrogen and oxygen atoms in total. The predicted octanol–water partition coefficient (Wildman–Crippen LogP) is 5.08. The zero-order valence-corrected chi connectivity index (χ0v) is 23.1. The Bertz CT molecular complexity index is 1400. The van der Waals surface area contributed by atoms with Crippen molar-refractivity contribution < 1.29 is 14.7 Å². The number of unbranched alkanes of at least 4 members (excludes halogenated alkanes) is 2. The number of phenolic OH excluding ortho intramolecular Hbond substituents is 1. The molecule has 0 aliphatic rings. The summed E-state index contributed by atoms with van der Waals surface area (Å²) in [6.45, 7) is 4.35. The molecule has 0 radical (unpaired) electrons. The molecule has 2 aromatic heterocycles. The lowest BCUT2D eigenvalue weighted by Gasteiger charge is -2.12. The molecule has 0 saturated carbocycles. The Kier molecular flexibility index (Phi) is 9.81. The smallest absolute Gasteiger partial charge is 0.243 e. The molecule has 0 fully saturated rings. The third-order valence-corrected chi connectivity index (χ3v) is 6.84. The quantitative estimate of drug-likeness (QED) is 0.216. The Hall–Kier alpha value is -4.30. The van der Waals surface area contributed by atoms with E-state index in [9.17, 15) is 14.7 Å². The Morgan fingerprint density at radius 3 is 2.38 bits per heavy atom. The molecular weight excluding hydrogens is 502 g/mol. The minimum Gasteiger partial charge on any atom is -0.508 e. The maximum absolute atomic E-state index is 12.3. The Morgan fingerprint density at radius 2 is 1.70 bits per heavy atom. The van der Waals surface area contributed by atoms with Crippen molar-refractivity contribution in [3.05, 3.63) is 95.8 Å². The van der Waals surface area contributed by atoms with Crippen LogP contribution in [0.5, 0.6) is 5.75 Å². The van der Waals surface area contributed by atoms with Crippen LogP contribution in [0.4, 0.5) is 0 Å². The van der Waals surface area contributed by atoms with E-state index < -0.39 is 11.9 Å². The molecular formula is C32H37N5O3. The summed E-state index contributed by atoms with van der Waals surface area (Å²) in [6, 6.07) is 22.0. The molecule has 1 atom stereocenters. The number of carbonyl (C=O) groups excluding carboxylic acids is 2. The lowest BCUT2D eigenvalue weighted by molar-refractivity contribution is -0.131. The van der Waals surface area contributed by atoms with Gasteiger partial charge in [-0.3, -0.25) is 19.9 Å². The van der Waals surface area contributed by atoms with Crippen molar-refractivity contribution in [2.75, 3.05) is 0 Å². The molecule has 4 aromatic rings. The second kappa shape index (κ2) is 13.7. The van der Waals surface area contributed by atoms with Crippen LogP contribution < -0.4 is 11.1 Å². The summed E-state index contributed by atoms with van der Waals surface area (Å²) in [5.74, 6) is -0.209. The number of hydrogen-bond donors (Lipinski definition) is 3. The summed E-state index contributed by atoms with van der Waals surface area (Å²) in [4.78, 5) is 29.1. The molecule has 8 heteroatoms. The Labute approximate surface area is 235 Å². The number of benzene rings is 2. The maximum Gasteiger partial charge on any atom is 0.243 e. The first-order chi connectivity index (χ1) is 19.3. The van der Waals surface area contributed by atoms with Gasteiger partial charge in [-0.2, -0.15) is 5.10 Å². The highest BCUT2D eigenvalue weighted by Gasteiger charge is 2.17. The van der Waals surface area contributed by atoms with Gasteiger partial charge in [0.1, 0.15) is 11.4 Å². The first kappa shape index (κ1) is 28.7. The van der Waals surface area contributed by atoms with Gasteiger partial charge < -0.3 is 10.8 Å². The lowest BCUT2D eigenvalue weighted by atomic mass is 10.0. The van der Waals surface area contributed by atoms with Gasteiger partial charge in [-0.15, -0.1) is 0 Å². The third-order valence-electron chi connectivity index (χ3n) is 6.84. The molecule has 2 heterocycles. The number of carbonyl (C=O) groups is 2. The van der Waals surface area contributed by atoms with Gasteiger partial charge in [-0.25, -0.2) is 4.68 Å². The second-order valence-electron chi connectivity index (χ2n) is 10.3. The van der Waals surface area contributed by atoms with Gasteiger partial charge in [0.25, 0.3) is 0 Å². The van der Waals surface area contributed by atoms with Crippen molar-refractivity contribution in [1.29, 1.82) is 0 Å². The van der Waals surface area contributed by atoms with Crippen LogP contribution in [0.15, 0.2) is 79.0 Å². The number of nitrogens with zero attached hydrogens (tertiary/aromatic N) is 3. The molecule has 0 aliphatic heterocycles. The fourth-order valence-corrected chi connectivity index (χ4v) is 4.50. The number of nitrogens with two attached hydrogens (primary N) is 1. The summed E-state index contributed by atoms with van der Waals surface area (Å²) < 4.78 is 1.98. The second-order valence-corrected chi connectivity index (χ2v) is 10.3. The van der Waals surface area contributed by atoms with Crippen molar-refractivity contribution in [3.8, 4) is 22.8 Å². The monoisotopic (exact) mass is 539 g/mol. The van der Waals surface area contributed by atoms with E-state index in [4.69, 9.17) is 10.8 Å². The number of rotatable bonds is 12. The number of phenols is 1. The fraction of sp³-hybridized carbons (Fsp3) is 0.312. The van der Waals surface area contributed by atoms with Gasteiger partial charge in [0.05, 0.1) is 17.4 Å². The molecule has 2 aromatic carbocycles. The SMILES string of the molecule is CC(C)c1ccc(-n2nc(-c3ccccn3)cc2CCCCCC(=O)NC(=O)C(N)Cc2ccc(O)cc2)cc1. The molecule has 2 amide bonds. The third kappa shape index (κ3) is 7.86. The van der Waals surface area contributed by atoms with E-state index in [0.717, 1.165) is 47.6 Å². The highest BCUT2D eigenvalue weighted by atomic mass is 16.3. The number of nitrogens with one attached hydrogen (secondary N) is 1. The molecule has 40 heavy (non-hydrogen) atoms. The zero-order chi connectivity index (χ0) is 28.5. The fourth-order valence-electron chi connectivity index (χ4n) is 4.50. The number of aromatic hydroxyl groups is 1. The van der Waals surface area contributed by atoms with E-state index in [-0.39, 0.29) is 24.5 Å². The largest absolute Gasteiger partial charge is 0.508 e. The van der Waals surface area contributed by atoms with Crippen LogP contribution in [-0.4, -0.2) is 37.7 Å². The number of aryl methyl sites for hydroxylation is 1. The lowest BCUT2D eigenvalue weighted by Crippen LogP contribution is -2.44. The van der Waals surface area contributed by atoms with Crippen LogP contribution in [0.25, 0.3) is 17.1 Å². The van der Waals surface area contributed by atoms with Crippen LogP contribution in [0.1, 0.15) is 62.3 Å². The van der Waals surface area contributed by atoms with Crippen molar-refractivity contribution in [3.63, 3.8) is 0 Å². The summed E-state index contributed by atoms with van der Waals surface area (Å²) in [6.07, 6.45) is 5.47. The predicted molar refractivity (Wildman–Crippen MR) is 156 cm³/mol. The number of aromatic nitrogens is 3. The van der Waals surface area contributed by atoms with Gasteiger partial charge in [0.2, 0.25) is 11.8 Å². The molecule has 1 unspecified atom stereocenters. The van der Waals surface area contributed by atoms with Crippen LogP contribution in [-0.2, 0) is 22.4 Å². The molecule has 4 N–H and O–H groups in total. The average molecular weight is 540 g/mol. The van der Waals surface area contributed by atoms with Crippen LogP contribution in [0.3, 0.4) is 0 Å². The van der Waals surface area contributed by atoms with Gasteiger partial charge in [-0.05, 0) is 85.2 Å². The van der Waals surface area contributed by atoms with Crippen LogP contribution in [0.2, 0.25) is 0 Å². The molecule has 0 bridgehead atoms. The van der Waals surface area contributed by atoms with E-state index in [2.05, 4.69) is 54.5 Å². The molecule has 208 valence electrons. The number of pyridine rings is 1. The maximum atomic E-state index is 12.3.